The predicted octanol–water partition coefficient (Wildman–Crippen LogP) is 3.66. The summed E-state index contributed by atoms with van der Waals surface area (Å²) in [5.74, 6) is -1.18. The molecule has 0 saturated carbocycles. The van der Waals surface area contributed by atoms with Gasteiger partial charge in [0, 0.05) is 36.1 Å². The molecule has 1 saturated heterocycles. The van der Waals surface area contributed by atoms with Gasteiger partial charge in [-0.15, -0.1) is 0 Å². The Balaban J connectivity index is 1.45. The second kappa shape index (κ2) is 9.70. The SMILES string of the molecule is COC(=O)c1ccccc1N1CC(C(=O)Nc2cccc(Oc3nc(C)cc(C)n3)c2)CC1=O. The molecule has 1 N–H and O–H groups in total. The van der Waals surface area contributed by atoms with Crippen molar-refractivity contribution in [2.45, 2.75) is 20.3 Å². The molecule has 1 aromatic heterocycles. The first-order chi connectivity index (χ1) is 16.3. The number of para-hydroxylation sites is 1. The third kappa shape index (κ3) is 5.03. The molecule has 0 radical (unpaired) electrons. The van der Waals surface area contributed by atoms with Crippen LogP contribution in [0, 0.1) is 19.8 Å². The average molecular weight is 460 g/mol. The van der Waals surface area contributed by atoms with Crippen molar-refractivity contribution in [1.29, 1.82) is 0 Å². The first kappa shape index (κ1) is 22.9. The van der Waals surface area contributed by atoms with Gasteiger partial charge in [-0.2, -0.15) is 0 Å². The van der Waals surface area contributed by atoms with Crippen molar-refractivity contribution in [2.24, 2.45) is 5.92 Å². The minimum absolute atomic E-state index is 0.0357. The van der Waals surface area contributed by atoms with Crippen molar-refractivity contribution in [3.8, 4) is 11.8 Å². The Morgan fingerprint density at radius 1 is 1.03 bits per heavy atom. The van der Waals surface area contributed by atoms with E-state index < -0.39 is 11.9 Å². The molecular formula is C25H24N4O5. The number of carbonyl (C=O) groups is 3. The molecule has 2 amide bonds. The van der Waals surface area contributed by atoms with E-state index in [0.29, 0.717) is 17.1 Å². The Morgan fingerprint density at radius 3 is 2.50 bits per heavy atom. The third-order valence-corrected chi connectivity index (χ3v) is 5.37. The van der Waals surface area contributed by atoms with Crippen molar-refractivity contribution >= 4 is 29.2 Å². The molecule has 9 heteroatoms. The topological polar surface area (TPSA) is 111 Å². The summed E-state index contributed by atoms with van der Waals surface area (Å²) in [6, 6.07) is 15.6. The Bertz CT molecular complexity index is 1240. The molecule has 9 nitrogen and oxygen atoms in total. The normalized spacial score (nSPS) is 15.2. The third-order valence-electron chi connectivity index (χ3n) is 5.37. The first-order valence-corrected chi connectivity index (χ1v) is 10.7. The van der Waals surface area contributed by atoms with Crippen LogP contribution in [0.1, 0.15) is 28.2 Å². The number of nitrogens with zero attached hydrogens (tertiary/aromatic N) is 3. The Kier molecular flexibility index (Phi) is 6.53. The van der Waals surface area contributed by atoms with Gasteiger partial charge in [-0.3, -0.25) is 9.59 Å². The van der Waals surface area contributed by atoms with Gasteiger partial charge in [-0.05, 0) is 44.2 Å². The number of methoxy groups -OCH3 is 1. The number of hydrogen-bond acceptors (Lipinski definition) is 7. The minimum Gasteiger partial charge on any atom is -0.465 e. The van der Waals surface area contributed by atoms with E-state index in [0.717, 1.165) is 11.4 Å². The quantitative estimate of drug-likeness (QED) is 0.559. The van der Waals surface area contributed by atoms with E-state index in [4.69, 9.17) is 9.47 Å². The Morgan fingerprint density at radius 2 is 1.76 bits per heavy atom. The molecule has 0 aliphatic carbocycles. The molecule has 0 spiro atoms. The summed E-state index contributed by atoms with van der Waals surface area (Å²) in [5, 5.41) is 2.84. The lowest BCUT2D eigenvalue weighted by atomic mass is 10.1. The Labute approximate surface area is 196 Å². The van der Waals surface area contributed by atoms with E-state index in [-0.39, 0.29) is 36.4 Å². The summed E-state index contributed by atoms with van der Waals surface area (Å²) in [5.41, 5.74) is 2.80. The number of hydrogen-bond donors (Lipinski definition) is 1. The average Bonchev–Trinajstić information content (AvgIpc) is 3.19. The molecule has 2 aromatic carbocycles. The van der Waals surface area contributed by atoms with E-state index >= 15 is 0 Å². The number of nitrogens with one attached hydrogen (secondary N) is 1. The minimum atomic E-state index is -0.578. The molecular weight excluding hydrogens is 436 g/mol. The molecule has 34 heavy (non-hydrogen) atoms. The molecule has 1 aliphatic heterocycles. The van der Waals surface area contributed by atoms with Gasteiger partial charge in [0.1, 0.15) is 5.75 Å². The predicted molar refractivity (Wildman–Crippen MR) is 125 cm³/mol. The van der Waals surface area contributed by atoms with Crippen LogP contribution < -0.4 is 15.0 Å². The second-order valence-electron chi connectivity index (χ2n) is 7.97. The number of carbonyl (C=O) groups excluding carboxylic acids is 3. The van der Waals surface area contributed by atoms with Gasteiger partial charge in [0.05, 0.1) is 24.3 Å². The highest BCUT2D eigenvalue weighted by molar-refractivity contribution is 6.07. The zero-order valence-electron chi connectivity index (χ0n) is 19.1. The Hall–Kier alpha value is -4.27. The van der Waals surface area contributed by atoms with E-state index in [1.165, 1.54) is 12.0 Å². The van der Waals surface area contributed by atoms with Crippen LogP contribution in [0.4, 0.5) is 11.4 Å². The summed E-state index contributed by atoms with van der Waals surface area (Å²) in [4.78, 5) is 47.7. The highest BCUT2D eigenvalue weighted by Crippen LogP contribution is 2.30. The number of amides is 2. The zero-order valence-corrected chi connectivity index (χ0v) is 19.1. The van der Waals surface area contributed by atoms with Crippen molar-refractivity contribution in [2.75, 3.05) is 23.9 Å². The van der Waals surface area contributed by atoms with Crippen LogP contribution >= 0.6 is 0 Å². The van der Waals surface area contributed by atoms with Crippen LogP contribution in [-0.2, 0) is 14.3 Å². The van der Waals surface area contributed by atoms with Gasteiger partial charge in [-0.1, -0.05) is 18.2 Å². The molecule has 0 bridgehead atoms. The standard InChI is InChI=1S/C25H24N4O5/c1-15-11-16(2)27-25(26-15)34-19-8-6-7-18(13-19)28-23(31)17-12-22(30)29(14-17)21-10-5-4-9-20(21)24(32)33-3/h4-11,13,17H,12,14H2,1-3H3,(H,28,31). The smallest absolute Gasteiger partial charge is 0.339 e. The molecule has 1 unspecified atom stereocenters. The van der Waals surface area contributed by atoms with Crippen molar-refractivity contribution in [1.82, 2.24) is 9.97 Å². The summed E-state index contributed by atoms with van der Waals surface area (Å²) in [7, 11) is 1.28. The van der Waals surface area contributed by atoms with E-state index in [1.807, 2.05) is 19.9 Å². The fraction of sp³-hybridized carbons (Fsp3) is 0.240. The second-order valence-corrected chi connectivity index (χ2v) is 7.97. The summed E-state index contributed by atoms with van der Waals surface area (Å²) < 4.78 is 10.6. The number of aromatic nitrogens is 2. The van der Waals surface area contributed by atoms with Crippen molar-refractivity contribution in [3.05, 3.63) is 71.5 Å². The molecule has 3 aromatic rings. The summed E-state index contributed by atoms with van der Waals surface area (Å²) in [6.07, 6.45) is 0.0357. The number of esters is 1. The fourth-order valence-corrected chi connectivity index (χ4v) is 3.83. The van der Waals surface area contributed by atoms with Crippen LogP contribution in [0.15, 0.2) is 54.6 Å². The van der Waals surface area contributed by atoms with Gasteiger partial charge in [0.25, 0.3) is 0 Å². The monoisotopic (exact) mass is 460 g/mol. The maximum atomic E-state index is 12.9. The fourth-order valence-electron chi connectivity index (χ4n) is 3.83. The van der Waals surface area contributed by atoms with E-state index in [9.17, 15) is 14.4 Å². The number of benzene rings is 2. The molecule has 2 heterocycles. The number of aryl methyl sites for hydroxylation is 2. The van der Waals surface area contributed by atoms with Crippen molar-refractivity contribution in [3.63, 3.8) is 0 Å². The van der Waals surface area contributed by atoms with Crippen molar-refractivity contribution < 1.29 is 23.9 Å². The summed E-state index contributed by atoms with van der Waals surface area (Å²) in [6.45, 7) is 3.87. The zero-order chi connectivity index (χ0) is 24.2. The van der Waals surface area contributed by atoms with Gasteiger partial charge >= 0.3 is 12.0 Å². The highest BCUT2D eigenvalue weighted by atomic mass is 16.5. The lowest BCUT2D eigenvalue weighted by molar-refractivity contribution is -0.122. The molecule has 1 fully saturated rings. The van der Waals surface area contributed by atoms with E-state index in [2.05, 4.69) is 15.3 Å². The molecule has 1 atom stereocenters. The summed E-state index contributed by atoms with van der Waals surface area (Å²) >= 11 is 0. The molecule has 4 rings (SSSR count). The molecule has 174 valence electrons. The number of anilines is 2. The highest BCUT2D eigenvalue weighted by Gasteiger charge is 2.36. The largest absolute Gasteiger partial charge is 0.465 e. The van der Waals surface area contributed by atoms with E-state index in [1.54, 1.807) is 48.5 Å². The maximum Gasteiger partial charge on any atom is 0.339 e. The van der Waals surface area contributed by atoms with Crippen LogP contribution in [0.2, 0.25) is 0 Å². The lowest BCUT2D eigenvalue weighted by Gasteiger charge is -2.19. The van der Waals surface area contributed by atoms with Crippen LogP contribution in [0.3, 0.4) is 0 Å². The van der Waals surface area contributed by atoms with Crippen LogP contribution in [0.5, 0.6) is 11.8 Å². The first-order valence-electron chi connectivity index (χ1n) is 10.7. The number of rotatable bonds is 6. The lowest BCUT2D eigenvalue weighted by Crippen LogP contribution is -2.29. The molecule has 1 aliphatic rings. The van der Waals surface area contributed by atoms with Crippen LogP contribution in [-0.4, -0.2) is 41.4 Å². The van der Waals surface area contributed by atoms with Gasteiger partial charge in [-0.25, -0.2) is 14.8 Å². The number of ether oxygens (including phenoxy) is 2. The van der Waals surface area contributed by atoms with Gasteiger partial charge < -0.3 is 19.7 Å². The van der Waals surface area contributed by atoms with Gasteiger partial charge in [0.15, 0.2) is 0 Å². The maximum absolute atomic E-state index is 12.9. The van der Waals surface area contributed by atoms with Gasteiger partial charge in [0.2, 0.25) is 11.8 Å². The van der Waals surface area contributed by atoms with Crippen LogP contribution in [0.25, 0.3) is 0 Å².